The van der Waals surface area contributed by atoms with Crippen molar-refractivity contribution in [3.63, 3.8) is 0 Å². The normalized spacial score (nSPS) is 11.3. The van der Waals surface area contributed by atoms with Crippen LogP contribution in [0.25, 0.3) is 0 Å². The van der Waals surface area contributed by atoms with Crippen molar-refractivity contribution < 1.29 is 28.6 Å². The highest BCUT2D eigenvalue weighted by Gasteiger charge is 2.28. The van der Waals surface area contributed by atoms with Crippen LogP contribution in [0.2, 0.25) is 0 Å². The fraction of sp³-hybridized carbons (Fsp3) is 0.500. The first-order valence-electron chi connectivity index (χ1n) is 8.93. The molecule has 0 saturated carbocycles. The number of benzene rings is 1. The lowest BCUT2D eigenvalue weighted by atomic mass is 10.1. The van der Waals surface area contributed by atoms with E-state index in [-0.39, 0.29) is 25.6 Å². The van der Waals surface area contributed by atoms with Crippen molar-refractivity contribution in [3.05, 3.63) is 33.4 Å². The van der Waals surface area contributed by atoms with Gasteiger partial charge < -0.3 is 25.3 Å². The Hall–Kier alpha value is -1.64. The maximum atomic E-state index is 12.0. The van der Waals surface area contributed by atoms with Crippen LogP contribution in [0.5, 0.6) is 0 Å². The Balaban J connectivity index is 1.95. The van der Waals surface area contributed by atoms with Crippen molar-refractivity contribution in [2.45, 2.75) is 18.6 Å². The summed E-state index contributed by atoms with van der Waals surface area (Å²) >= 11 is 2.17. The highest BCUT2D eigenvalue weighted by Crippen LogP contribution is 2.10. The quantitative estimate of drug-likeness (QED) is 0.104. The lowest BCUT2D eigenvalue weighted by Crippen LogP contribution is -2.70. The third-order valence-corrected chi connectivity index (χ3v) is 4.24. The predicted octanol–water partition coefficient (Wildman–Crippen LogP) is -0.523. The summed E-state index contributed by atoms with van der Waals surface area (Å²) in [6, 6.07) is 7.48. The SMILES string of the molecule is NC(=O)C(N)(N)NC(=O)COCCOCCOCCCC(=O)c1cccc([125I])c1. The molecule has 10 nitrogen and oxygen atoms in total. The molecule has 1 aromatic carbocycles. The molecule has 0 aliphatic carbocycles. The first-order valence-corrected chi connectivity index (χ1v) is 10.0. The maximum absolute atomic E-state index is 12.0. The zero-order valence-corrected chi connectivity index (χ0v) is 18.2. The number of primary amides is 1. The molecule has 7 N–H and O–H groups in total. The molecule has 0 aliphatic heterocycles. The van der Waals surface area contributed by atoms with E-state index in [2.05, 4.69) is 22.6 Å². The molecule has 0 aromatic heterocycles. The smallest absolute Gasteiger partial charge is 0.273 e. The van der Waals surface area contributed by atoms with Gasteiger partial charge in [0.15, 0.2) is 5.78 Å². The predicted molar refractivity (Wildman–Crippen MR) is 114 cm³/mol. The van der Waals surface area contributed by atoms with Gasteiger partial charge in [-0.25, -0.2) is 0 Å². The largest absolute Gasteiger partial charge is 0.379 e. The van der Waals surface area contributed by atoms with Gasteiger partial charge in [0.1, 0.15) is 6.61 Å². The van der Waals surface area contributed by atoms with E-state index in [0.717, 1.165) is 3.57 Å². The van der Waals surface area contributed by atoms with Gasteiger partial charge in [-0.2, -0.15) is 0 Å². The van der Waals surface area contributed by atoms with Crippen molar-refractivity contribution in [3.8, 4) is 0 Å². The van der Waals surface area contributed by atoms with Gasteiger partial charge in [0.25, 0.3) is 5.91 Å². The van der Waals surface area contributed by atoms with E-state index in [4.69, 9.17) is 31.4 Å². The third-order valence-electron chi connectivity index (χ3n) is 3.57. The molecular formula is C18H27IN4O6. The van der Waals surface area contributed by atoms with Crippen LogP contribution in [0.3, 0.4) is 0 Å². The minimum Gasteiger partial charge on any atom is -0.379 e. The van der Waals surface area contributed by atoms with Gasteiger partial charge in [-0.15, -0.1) is 0 Å². The molecule has 162 valence electrons. The highest BCUT2D eigenvalue weighted by molar-refractivity contribution is 14.1. The van der Waals surface area contributed by atoms with Crippen LogP contribution >= 0.6 is 22.6 Å². The fourth-order valence-corrected chi connectivity index (χ4v) is 2.62. The molecule has 0 radical (unpaired) electrons. The number of nitrogens with two attached hydrogens (primary N) is 3. The second-order valence-electron chi connectivity index (χ2n) is 6.10. The molecule has 0 fully saturated rings. The fourth-order valence-electron chi connectivity index (χ4n) is 2.07. The average Bonchev–Trinajstić information content (AvgIpc) is 2.65. The van der Waals surface area contributed by atoms with Crippen LogP contribution in [0, 0.1) is 3.57 Å². The van der Waals surface area contributed by atoms with Crippen LogP contribution in [-0.2, 0) is 23.8 Å². The lowest BCUT2D eigenvalue weighted by molar-refractivity contribution is -0.134. The van der Waals surface area contributed by atoms with Crippen LogP contribution < -0.4 is 22.5 Å². The zero-order valence-electron chi connectivity index (χ0n) is 16.0. The number of rotatable bonds is 15. The molecular weight excluding hydrogens is 493 g/mol. The van der Waals surface area contributed by atoms with Crippen LogP contribution in [0.1, 0.15) is 23.2 Å². The third kappa shape index (κ3) is 11.2. The summed E-state index contributed by atoms with van der Waals surface area (Å²) in [7, 11) is 0. The summed E-state index contributed by atoms with van der Waals surface area (Å²) in [5.74, 6) is -3.74. The second kappa shape index (κ2) is 13.6. The standard InChI is InChI=1S/C18H27IN4O6/c19-14-4-1-3-13(11-14)15(24)5-2-6-27-7-8-28-9-10-29-12-16(25)23-18(21,22)17(20)26/h1,3-4,11H,2,5-10,12,21-22H2,(H2,20,26)(H,23,25)/i19-2. The van der Waals surface area contributed by atoms with Crippen molar-refractivity contribution in [2.24, 2.45) is 17.2 Å². The number of hydrogen-bond acceptors (Lipinski definition) is 8. The van der Waals surface area contributed by atoms with E-state index in [1.807, 2.05) is 29.6 Å². The number of Topliss-reactive ketones (excluding diaryl/α,β-unsaturated/α-hetero) is 1. The number of carbonyl (C=O) groups is 3. The van der Waals surface area contributed by atoms with Crippen LogP contribution in [0.4, 0.5) is 0 Å². The van der Waals surface area contributed by atoms with Crippen LogP contribution in [-0.4, -0.2) is 63.0 Å². The molecule has 1 rings (SSSR count). The van der Waals surface area contributed by atoms with E-state index in [0.29, 0.717) is 38.2 Å². The summed E-state index contributed by atoms with van der Waals surface area (Å²) in [6.45, 7) is 1.30. The molecule has 0 aliphatic rings. The van der Waals surface area contributed by atoms with Crippen LogP contribution in [0.15, 0.2) is 24.3 Å². The number of halogens is 1. The van der Waals surface area contributed by atoms with Gasteiger partial charge in [-0.05, 0) is 41.1 Å². The lowest BCUT2D eigenvalue weighted by Gasteiger charge is -2.21. The Morgan fingerprint density at radius 2 is 1.62 bits per heavy atom. The van der Waals surface area contributed by atoms with Gasteiger partial charge >= 0.3 is 0 Å². The molecule has 0 saturated heterocycles. The monoisotopic (exact) mass is 520 g/mol. The Labute approximate surface area is 182 Å². The average molecular weight is 520 g/mol. The molecule has 0 heterocycles. The van der Waals surface area contributed by atoms with Gasteiger partial charge in [-0.1, -0.05) is 12.1 Å². The zero-order chi connectivity index (χ0) is 21.7. The number of ether oxygens (including phenoxy) is 3. The molecule has 29 heavy (non-hydrogen) atoms. The molecule has 1 aromatic rings. The Bertz CT molecular complexity index is 686. The van der Waals surface area contributed by atoms with Crippen molar-refractivity contribution in [1.82, 2.24) is 5.32 Å². The number of carbonyl (C=O) groups excluding carboxylic acids is 3. The first kappa shape index (κ1) is 25.4. The minimum absolute atomic E-state index is 0.0990. The van der Waals surface area contributed by atoms with Gasteiger partial charge in [0.05, 0.1) is 26.4 Å². The van der Waals surface area contributed by atoms with E-state index in [1.165, 1.54) is 0 Å². The minimum atomic E-state index is -2.11. The number of amides is 2. The van der Waals surface area contributed by atoms with Crippen molar-refractivity contribution in [1.29, 1.82) is 0 Å². The first-order chi connectivity index (χ1) is 13.7. The number of ketones is 1. The highest BCUT2D eigenvalue weighted by atomic mass is 125. The summed E-state index contributed by atoms with van der Waals surface area (Å²) in [4.78, 5) is 34.4. The maximum Gasteiger partial charge on any atom is 0.273 e. The Kier molecular flexibility index (Phi) is 11.9. The number of nitrogens with one attached hydrogen (secondary N) is 1. The molecule has 0 unspecified atom stereocenters. The number of hydrogen-bond donors (Lipinski definition) is 4. The van der Waals surface area contributed by atoms with E-state index < -0.39 is 17.6 Å². The Morgan fingerprint density at radius 1 is 1.00 bits per heavy atom. The summed E-state index contributed by atoms with van der Waals surface area (Å²) in [5.41, 5.74) is 16.2. The molecule has 0 atom stereocenters. The van der Waals surface area contributed by atoms with Gasteiger partial charge in [-0.3, -0.25) is 25.9 Å². The van der Waals surface area contributed by atoms with E-state index >= 15 is 0 Å². The molecule has 11 heteroatoms. The molecule has 2 amide bonds. The summed E-state index contributed by atoms with van der Waals surface area (Å²) < 4.78 is 16.8. The summed E-state index contributed by atoms with van der Waals surface area (Å²) in [6.07, 6.45) is 1.07. The Morgan fingerprint density at radius 3 is 2.24 bits per heavy atom. The van der Waals surface area contributed by atoms with Crippen molar-refractivity contribution >= 4 is 40.2 Å². The topological polar surface area (TPSA) is 169 Å². The molecule has 0 bridgehead atoms. The second-order valence-corrected chi connectivity index (χ2v) is 7.34. The van der Waals surface area contributed by atoms with E-state index in [9.17, 15) is 14.4 Å². The van der Waals surface area contributed by atoms with E-state index in [1.54, 1.807) is 0 Å². The molecule has 0 spiro atoms. The van der Waals surface area contributed by atoms with Gasteiger partial charge in [0, 0.05) is 22.2 Å². The van der Waals surface area contributed by atoms with Crippen molar-refractivity contribution in [2.75, 3.05) is 39.6 Å². The van der Waals surface area contributed by atoms with Gasteiger partial charge in [0.2, 0.25) is 11.7 Å². The summed E-state index contributed by atoms with van der Waals surface area (Å²) in [5, 5.41) is 2.04.